The predicted molar refractivity (Wildman–Crippen MR) is 120 cm³/mol. The van der Waals surface area contributed by atoms with Gasteiger partial charge in [-0.2, -0.15) is 0 Å². The smallest absolute Gasteiger partial charge is 0.257 e. The molecule has 0 radical (unpaired) electrons. The Morgan fingerprint density at radius 2 is 1.84 bits per heavy atom. The molecule has 2 aliphatic rings. The Kier molecular flexibility index (Phi) is 6.67. The zero-order chi connectivity index (χ0) is 22.7. The van der Waals surface area contributed by atoms with Crippen molar-refractivity contribution in [2.45, 2.75) is 38.5 Å². The van der Waals surface area contributed by atoms with Crippen molar-refractivity contribution in [1.82, 2.24) is 19.8 Å². The van der Waals surface area contributed by atoms with Gasteiger partial charge in [-0.3, -0.25) is 9.59 Å². The van der Waals surface area contributed by atoms with E-state index in [1.807, 2.05) is 28.7 Å². The third-order valence-electron chi connectivity index (χ3n) is 6.46. The molecule has 2 saturated heterocycles. The highest BCUT2D eigenvalue weighted by atomic mass is 19.1. The molecule has 0 saturated carbocycles. The van der Waals surface area contributed by atoms with Gasteiger partial charge in [-0.15, -0.1) is 0 Å². The van der Waals surface area contributed by atoms with E-state index in [2.05, 4.69) is 9.97 Å². The maximum absolute atomic E-state index is 13.1. The molecule has 0 N–H and O–H groups in total. The number of amides is 2. The van der Waals surface area contributed by atoms with Crippen LogP contribution in [-0.2, 0) is 4.79 Å². The van der Waals surface area contributed by atoms with Gasteiger partial charge in [0.2, 0.25) is 5.91 Å². The van der Waals surface area contributed by atoms with Gasteiger partial charge in [-0.25, -0.2) is 14.4 Å². The first-order chi connectivity index (χ1) is 15.4. The minimum absolute atomic E-state index is 0.0139. The SMILES string of the molecule is Cc1nc([C@@H]2CCN(C(=O)CCN(C)c3ccc(F)cc3)C2)ncc1C(=O)N1CCCC1. The maximum atomic E-state index is 13.1. The highest BCUT2D eigenvalue weighted by molar-refractivity contribution is 5.95. The number of halogens is 1. The molecule has 0 aliphatic carbocycles. The van der Waals surface area contributed by atoms with Crippen molar-refractivity contribution in [2.75, 3.05) is 44.7 Å². The average Bonchev–Trinajstić information content (AvgIpc) is 3.50. The Bertz CT molecular complexity index is 975. The molecule has 1 atom stereocenters. The number of nitrogens with zero attached hydrogens (tertiary/aromatic N) is 5. The fourth-order valence-electron chi connectivity index (χ4n) is 4.43. The lowest BCUT2D eigenvalue weighted by atomic mass is 10.1. The second kappa shape index (κ2) is 9.63. The molecule has 8 heteroatoms. The molecule has 1 aromatic heterocycles. The Morgan fingerprint density at radius 1 is 1.12 bits per heavy atom. The van der Waals surface area contributed by atoms with E-state index in [9.17, 15) is 14.0 Å². The lowest BCUT2D eigenvalue weighted by molar-refractivity contribution is -0.129. The molecule has 3 heterocycles. The van der Waals surface area contributed by atoms with E-state index in [1.54, 1.807) is 18.3 Å². The molecular formula is C24H30FN5O2. The lowest BCUT2D eigenvalue weighted by Crippen LogP contribution is -2.32. The third-order valence-corrected chi connectivity index (χ3v) is 6.46. The van der Waals surface area contributed by atoms with Crippen LogP contribution < -0.4 is 4.90 Å². The van der Waals surface area contributed by atoms with Crippen LogP contribution in [0.4, 0.5) is 10.1 Å². The number of rotatable bonds is 6. The van der Waals surface area contributed by atoms with Crippen molar-refractivity contribution < 1.29 is 14.0 Å². The highest BCUT2D eigenvalue weighted by Gasteiger charge is 2.30. The van der Waals surface area contributed by atoms with Gasteiger partial charge in [0, 0.05) is 64.0 Å². The largest absolute Gasteiger partial charge is 0.374 e. The third kappa shape index (κ3) is 4.89. The normalized spacial score (nSPS) is 18.3. The van der Waals surface area contributed by atoms with Crippen LogP contribution in [-0.4, -0.2) is 71.4 Å². The number of hydrogen-bond donors (Lipinski definition) is 0. The van der Waals surface area contributed by atoms with E-state index in [4.69, 9.17) is 0 Å². The van der Waals surface area contributed by atoms with Gasteiger partial charge in [0.05, 0.1) is 11.3 Å². The van der Waals surface area contributed by atoms with E-state index >= 15 is 0 Å². The minimum Gasteiger partial charge on any atom is -0.374 e. The van der Waals surface area contributed by atoms with Crippen LogP contribution in [0.3, 0.4) is 0 Å². The number of anilines is 1. The van der Waals surface area contributed by atoms with Crippen molar-refractivity contribution in [3.8, 4) is 0 Å². The Labute approximate surface area is 188 Å². The summed E-state index contributed by atoms with van der Waals surface area (Å²) in [4.78, 5) is 40.2. The summed E-state index contributed by atoms with van der Waals surface area (Å²) in [6.07, 6.45) is 4.97. The second-order valence-corrected chi connectivity index (χ2v) is 8.70. The Balaban J connectivity index is 1.31. The summed E-state index contributed by atoms with van der Waals surface area (Å²) in [5, 5.41) is 0. The summed E-state index contributed by atoms with van der Waals surface area (Å²) >= 11 is 0. The Hall–Kier alpha value is -3.03. The van der Waals surface area contributed by atoms with E-state index in [-0.39, 0.29) is 23.5 Å². The summed E-state index contributed by atoms with van der Waals surface area (Å²) in [7, 11) is 1.90. The number of carbonyl (C=O) groups excluding carboxylic acids is 2. The number of hydrogen-bond acceptors (Lipinski definition) is 5. The minimum atomic E-state index is -0.271. The van der Waals surface area contributed by atoms with Crippen LogP contribution in [0.25, 0.3) is 0 Å². The molecule has 2 fully saturated rings. The van der Waals surface area contributed by atoms with Gasteiger partial charge >= 0.3 is 0 Å². The van der Waals surface area contributed by atoms with Crippen LogP contribution in [0.2, 0.25) is 0 Å². The summed E-state index contributed by atoms with van der Waals surface area (Å²) in [5.74, 6) is 0.633. The Morgan fingerprint density at radius 3 is 2.53 bits per heavy atom. The molecule has 1 aromatic carbocycles. The van der Waals surface area contributed by atoms with E-state index < -0.39 is 0 Å². The second-order valence-electron chi connectivity index (χ2n) is 8.70. The molecule has 0 bridgehead atoms. The van der Waals surface area contributed by atoms with Gasteiger partial charge in [0.15, 0.2) is 0 Å². The van der Waals surface area contributed by atoms with Gasteiger partial charge < -0.3 is 14.7 Å². The number of benzene rings is 1. The van der Waals surface area contributed by atoms with Crippen LogP contribution in [0.5, 0.6) is 0 Å². The molecule has 2 aliphatic heterocycles. The average molecular weight is 440 g/mol. The predicted octanol–water partition coefficient (Wildman–Crippen LogP) is 3.00. The van der Waals surface area contributed by atoms with Crippen molar-refractivity contribution in [2.24, 2.45) is 0 Å². The summed E-state index contributed by atoms with van der Waals surface area (Å²) in [6.45, 7) is 5.30. The number of aryl methyl sites for hydroxylation is 1. The van der Waals surface area contributed by atoms with Crippen LogP contribution >= 0.6 is 0 Å². The van der Waals surface area contributed by atoms with Crippen molar-refractivity contribution in [3.05, 3.63) is 53.4 Å². The quantitative estimate of drug-likeness (QED) is 0.692. The molecule has 7 nitrogen and oxygen atoms in total. The van der Waals surface area contributed by atoms with E-state index in [1.165, 1.54) is 12.1 Å². The maximum Gasteiger partial charge on any atom is 0.257 e. The molecule has 32 heavy (non-hydrogen) atoms. The first-order valence-electron chi connectivity index (χ1n) is 11.3. The van der Waals surface area contributed by atoms with Gasteiger partial charge in [-0.05, 0) is 50.5 Å². The first-order valence-corrected chi connectivity index (χ1v) is 11.3. The van der Waals surface area contributed by atoms with E-state index in [0.717, 1.165) is 38.0 Å². The van der Waals surface area contributed by atoms with Gasteiger partial charge in [0.25, 0.3) is 5.91 Å². The molecule has 4 rings (SSSR count). The summed E-state index contributed by atoms with van der Waals surface area (Å²) in [6, 6.07) is 6.27. The van der Waals surface area contributed by atoms with Crippen LogP contribution in [0.1, 0.15) is 53.5 Å². The highest BCUT2D eigenvalue weighted by Crippen LogP contribution is 2.26. The fourth-order valence-corrected chi connectivity index (χ4v) is 4.43. The van der Waals surface area contributed by atoms with Gasteiger partial charge in [0.1, 0.15) is 11.6 Å². The standard InChI is InChI=1S/C24H30FN5O2/c1-17-21(24(32)29-11-3-4-12-29)15-26-23(27-17)18-9-14-30(16-18)22(31)10-13-28(2)20-7-5-19(25)6-8-20/h5-8,15,18H,3-4,9-14,16H2,1-2H3/t18-/m1/s1. The molecular weight excluding hydrogens is 409 g/mol. The van der Waals surface area contributed by atoms with Crippen LogP contribution in [0, 0.1) is 12.7 Å². The molecule has 0 spiro atoms. The zero-order valence-electron chi connectivity index (χ0n) is 18.8. The fraction of sp³-hybridized carbons (Fsp3) is 0.500. The molecule has 2 amide bonds. The van der Waals surface area contributed by atoms with E-state index in [0.29, 0.717) is 43.1 Å². The molecule has 0 unspecified atom stereocenters. The van der Waals surface area contributed by atoms with Crippen molar-refractivity contribution in [1.29, 1.82) is 0 Å². The van der Waals surface area contributed by atoms with Crippen molar-refractivity contribution in [3.63, 3.8) is 0 Å². The lowest BCUT2D eigenvalue weighted by Gasteiger charge is -2.22. The van der Waals surface area contributed by atoms with Crippen molar-refractivity contribution >= 4 is 17.5 Å². The summed E-state index contributed by atoms with van der Waals surface area (Å²) < 4.78 is 13.1. The van der Waals surface area contributed by atoms with Crippen LogP contribution in [0.15, 0.2) is 30.5 Å². The number of likely N-dealkylation sites (tertiary alicyclic amines) is 2. The number of carbonyl (C=O) groups is 2. The first kappa shape index (κ1) is 22.2. The molecule has 170 valence electrons. The zero-order valence-corrected chi connectivity index (χ0v) is 18.8. The molecule has 2 aromatic rings. The van der Waals surface area contributed by atoms with Gasteiger partial charge in [-0.1, -0.05) is 0 Å². The summed E-state index contributed by atoms with van der Waals surface area (Å²) in [5.41, 5.74) is 2.16. The monoisotopic (exact) mass is 439 g/mol. The number of aromatic nitrogens is 2. The topological polar surface area (TPSA) is 69.6 Å².